The molecule has 3 aromatic heterocycles. The first-order chi connectivity index (χ1) is 12.3. The van der Waals surface area contributed by atoms with E-state index < -0.39 is 0 Å². The highest BCUT2D eigenvalue weighted by molar-refractivity contribution is 5.74. The second-order valence-electron chi connectivity index (χ2n) is 6.12. The fourth-order valence-electron chi connectivity index (χ4n) is 2.79. The van der Waals surface area contributed by atoms with Crippen molar-refractivity contribution in [1.29, 1.82) is 0 Å². The van der Waals surface area contributed by atoms with Crippen molar-refractivity contribution in [2.75, 3.05) is 0 Å². The molecule has 5 rings (SSSR count). The van der Waals surface area contributed by atoms with Crippen LogP contribution >= 0.6 is 0 Å². The molecule has 4 aromatic rings. The summed E-state index contributed by atoms with van der Waals surface area (Å²) in [6, 6.07) is 9.58. The lowest BCUT2D eigenvalue weighted by atomic mass is 10.3. The topological polar surface area (TPSA) is 91.6 Å². The molecule has 1 fully saturated rings. The maximum atomic E-state index is 12.7. The van der Waals surface area contributed by atoms with Crippen LogP contribution in [0.2, 0.25) is 0 Å². The Kier molecular flexibility index (Phi) is 3.03. The van der Waals surface area contributed by atoms with Crippen LogP contribution in [0, 0.1) is 0 Å². The van der Waals surface area contributed by atoms with Crippen LogP contribution in [0.15, 0.2) is 52.1 Å². The Morgan fingerprint density at radius 1 is 1.16 bits per heavy atom. The van der Waals surface area contributed by atoms with E-state index in [1.54, 1.807) is 4.68 Å². The van der Waals surface area contributed by atoms with Gasteiger partial charge in [0, 0.05) is 5.92 Å². The van der Waals surface area contributed by atoms with Gasteiger partial charge in [0.2, 0.25) is 11.8 Å². The molecule has 25 heavy (non-hydrogen) atoms. The van der Waals surface area contributed by atoms with E-state index in [2.05, 4.69) is 20.3 Å². The summed E-state index contributed by atoms with van der Waals surface area (Å²) < 4.78 is 8.74. The van der Waals surface area contributed by atoms with Crippen LogP contribution in [0.3, 0.4) is 0 Å². The SMILES string of the molecule is O=c1c2cnn(-c3ccccc3)c2ncn1Cc1nnc(C2CC2)o1. The lowest BCUT2D eigenvalue weighted by Gasteiger charge is -2.04. The molecule has 0 radical (unpaired) electrons. The number of hydrogen-bond acceptors (Lipinski definition) is 6. The van der Waals surface area contributed by atoms with Crippen molar-refractivity contribution in [3.8, 4) is 5.69 Å². The number of para-hydroxylation sites is 1. The van der Waals surface area contributed by atoms with Crippen LogP contribution in [-0.2, 0) is 6.54 Å². The van der Waals surface area contributed by atoms with Gasteiger partial charge in [-0.3, -0.25) is 9.36 Å². The number of aromatic nitrogens is 6. The van der Waals surface area contributed by atoms with Gasteiger partial charge in [-0.05, 0) is 25.0 Å². The van der Waals surface area contributed by atoms with Gasteiger partial charge in [-0.2, -0.15) is 5.10 Å². The van der Waals surface area contributed by atoms with Gasteiger partial charge < -0.3 is 4.42 Å². The van der Waals surface area contributed by atoms with Gasteiger partial charge in [0.15, 0.2) is 5.65 Å². The average molecular weight is 334 g/mol. The molecule has 8 nitrogen and oxygen atoms in total. The summed E-state index contributed by atoms with van der Waals surface area (Å²) in [5.41, 5.74) is 1.20. The standard InChI is InChI=1S/C17H14N6O2/c24-17-13-8-19-23(12-4-2-1-3-5-12)15(13)18-10-22(17)9-14-20-21-16(25-14)11-6-7-11/h1-5,8,10-11H,6-7,9H2. The van der Waals surface area contributed by atoms with Crippen molar-refractivity contribution in [1.82, 2.24) is 29.5 Å². The van der Waals surface area contributed by atoms with Crippen molar-refractivity contribution in [3.63, 3.8) is 0 Å². The molecule has 3 heterocycles. The Balaban J connectivity index is 1.52. The van der Waals surface area contributed by atoms with E-state index in [-0.39, 0.29) is 12.1 Å². The predicted molar refractivity (Wildman–Crippen MR) is 88.5 cm³/mol. The summed E-state index contributed by atoms with van der Waals surface area (Å²) in [7, 11) is 0. The molecule has 1 saturated carbocycles. The maximum Gasteiger partial charge on any atom is 0.264 e. The number of nitrogens with zero attached hydrogens (tertiary/aromatic N) is 6. The third-order valence-electron chi connectivity index (χ3n) is 4.27. The Morgan fingerprint density at radius 3 is 2.80 bits per heavy atom. The maximum absolute atomic E-state index is 12.7. The molecule has 0 aliphatic heterocycles. The highest BCUT2D eigenvalue weighted by Gasteiger charge is 2.29. The third kappa shape index (κ3) is 2.42. The van der Waals surface area contributed by atoms with E-state index in [0.717, 1.165) is 18.5 Å². The molecular weight excluding hydrogens is 320 g/mol. The highest BCUT2D eigenvalue weighted by atomic mass is 16.4. The molecule has 0 spiro atoms. The zero-order valence-corrected chi connectivity index (χ0v) is 13.2. The van der Waals surface area contributed by atoms with Crippen LogP contribution in [-0.4, -0.2) is 29.5 Å². The van der Waals surface area contributed by atoms with E-state index in [4.69, 9.17) is 4.42 Å². The van der Waals surface area contributed by atoms with E-state index >= 15 is 0 Å². The van der Waals surface area contributed by atoms with Crippen LogP contribution < -0.4 is 5.56 Å². The molecule has 0 amide bonds. The van der Waals surface area contributed by atoms with Gasteiger partial charge >= 0.3 is 0 Å². The molecular formula is C17H14N6O2. The first-order valence-corrected chi connectivity index (χ1v) is 8.10. The highest BCUT2D eigenvalue weighted by Crippen LogP contribution is 2.39. The van der Waals surface area contributed by atoms with Crippen molar-refractivity contribution < 1.29 is 4.42 Å². The summed E-state index contributed by atoms with van der Waals surface area (Å²) in [4.78, 5) is 17.1. The second kappa shape index (κ2) is 5.37. The molecule has 1 aliphatic carbocycles. The zero-order valence-electron chi connectivity index (χ0n) is 13.2. The second-order valence-corrected chi connectivity index (χ2v) is 6.12. The van der Waals surface area contributed by atoms with Crippen LogP contribution in [0.25, 0.3) is 16.7 Å². The minimum atomic E-state index is -0.182. The molecule has 0 atom stereocenters. The summed E-state index contributed by atoms with van der Waals surface area (Å²) in [6.07, 6.45) is 5.21. The largest absolute Gasteiger partial charge is 0.423 e. The van der Waals surface area contributed by atoms with E-state index in [1.165, 1.54) is 17.1 Å². The monoisotopic (exact) mass is 334 g/mol. The molecule has 0 unspecified atom stereocenters. The molecule has 1 aliphatic rings. The zero-order chi connectivity index (χ0) is 16.8. The minimum Gasteiger partial charge on any atom is -0.423 e. The molecule has 0 bridgehead atoms. The van der Waals surface area contributed by atoms with Gasteiger partial charge in [-0.25, -0.2) is 9.67 Å². The summed E-state index contributed by atoms with van der Waals surface area (Å²) >= 11 is 0. The number of hydrogen-bond donors (Lipinski definition) is 0. The van der Waals surface area contributed by atoms with Gasteiger partial charge in [-0.1, -0.05) is 18.2 Å². The van der Waals surface area contributed by atoms with E-state index in [0.29, 0.717) is 28.7 Å². The summed E-state index contributed by atoms with van der Waals surface area (Å²) in [5.74, 6) is 1.47. The fourth-order valence-corrected chi connectivity index (χ4v) is 2.79. The smallest absolute Gasteiger partial charge is 0.264 e. The van der Waals surface area contributed by atoms with Crippen molar-refractivity contribution in [3.05, 3.63) is 65.0 Å². The van der Waals surface area contributed by atoms with E-state index in [9.17, 15) is 4.79 Å². The van der Waals surface area contributed by atoms with E-state index in [1.807, 2.05) is 30.3 Å². The Morgan fingerprint density at radius 2 is 2.00 bits per heavy atom. The third-order valence-corrected chi connectivity index (χ3v) is 4.27. The summed E-state index contributed by atoms with van der Waals surface area (Å²) in [6.45, 7) is 0.206. The normalized spacial score (nSPS) is 14.2. The van der Waals surface area contributed by atoms with Gasteiger partial charge in [0.05, 0.1) is 11.9 Å². The predicted octanol–water partition coefficient (Wildman–Crippen LogP) is 1.89. The minimum absolute atomic E-state index is 0.182. The molecule has 124 valence electrons. The first kappa shape index (κ1) is 14.1. The number of rotatable bonds is 4. The van der Waals surface area contributed by atoms with Crippen molar-refractivity contribution in [2.24, 2.45) is 0 Å². The van der Waals surface area contributed by atoms with Gasteiger partial charge in [-0.15, -0.1) is 10.2 Å². The van der Waals surface area contributed by atoms with Crippen LogP contribution in [0.5, 0.6) is 0 Å². The lowest BCUT2D eigenvalue weighted by Crippen LogP contribution is -2.21. The Bertz CT molecular complexity index is 1110. The van der Waals surface area contributed by atoms with Gasteiger partial charge in [0.25, 0.3) is 5.56 Å². The first-order valence-electron chi connectivity index (χ1n) is 8.10. The number of benzene rings is 1. The average Bonchev–Trinajstić information content (AvgIpc) is 3.23. The van der Waals surface area contributed by atoms with Gasteiger partial charge in [0.1, 0.15) is 18.3 Å². The lowest BCUT2D eigenvalue weighted by molar-refractivity contribution is 0.436. The molecule has 0 saturated heterocycles. The molecule has 8 heteroatoms. The number of fused-ring (bicyclic) bond motifs is 1. The molecule has 0 N–H and O–H groups in total. The quantitative estimate of drug-likeness (QED) is 0.566. The fraction of sp³-hybridized carbons (Fsp3) is 0.235. The summed E-state index contributed by atoms with van der Waals surface area (Å²) in [5, 5.41) is 12.8. The van der Waals surface area contributed by atoms with Crippen molar-refractivity contribution in [2.45, 2.75) is 25.3 Å². The van der Waals surface area contributed by atoms with Crippen LogP contribution in [0.4, 0.5) is 0 Å². The van der Waals surface area contributed by atoms with Crippen molar-refractivity contribution >= 4 is 11.0 Å². The molecule has 1 aromatic carbocycles. The Labute approximate surface area is 141 Å². The van der Waals surface area contributed by atoms with Crippen LogP contribution in [0.1, 0.15) is 30.5 Å². The Hall–Kier alpha value is -3.29.